The molecule has 1 spiro atoms. The summed E-state index contributed by atoms with van der Waals surface area (Å²) in [6.45, 7) is 2.31. The summed E-state index contributed by atoms with van der Waals surface area (Å²) in [6, 6.07) is 0.472. The van der Waals surface area contributed by atoms with E-state index in [1.165, 1.54) is 12.8 Å². The van der Waals surface area contributed by atoms with Crippen molar-refractivity contribution >= 4 is 6.41 Å². The quantitative estimate of drug-likeness (QED) is 0.507. The van der Waals surface area contributed by atoms with Crippen LogP contribution in [-0.2, 0) is 4.79 Å². The van der Waals surface area contributed by atoms with Crippen LogP contribution in [0.25, 0.3) is 0 Å². The van der Waals surface area contributed by atoms with E-state index in [0.29, 0.717) is 11.5 Å². The van der Waals surface area contributed by atoms with E-state index >= 15 is 0 Å². The van der Waals surface area contributed by atoms with E-state index in [0.717, 1.165) is 19.5 Å². The van der Waals surface area contributed by atoms with Gasteiger partial charge in [-0.1, -0.05) is 0 Å². The Balaban J connectivity index is 1.77. The third kappa shape index (κ3) is 0.736. The van der Waals surface area contributed by atoms with Crippen molar-refractivity contribution in [1.29, 1.82) is 0 Å². The van der Waals surface area contributed by atoms with Crippen molar-refractivity contribution in [2.75, 3.05) is 13.1 Å². The molecule has 1 saturated carbocycles. The zero-order valence-electron chi connectivity index (χ0n) is 5.89. The molecule has 56 valence electrons. The normalized spacial score (nSPS) is 28.8. The second-order valence-electron chi connectivity index (χ2n) is 3.49. The van der Waals surface area contributed by atoms with E-state index in [9.17, 15) is 4.79 Å². The molecule has 3 heteroatoms. The average Bonchev–Trinajstić information content (AvgIpc) is 1.72. The predicted molar refractivity (Wildman–Crippen MR) is 37.5 cm³/mol. The number of hydrogen-bond acceptors (Lipinski definition) is 2. The molecule has 2 fully saturated rings. The minimum Gasteiger partial charge on any atom is -0.356 e. The zero-order valence-corrected chi connectivity index (χ0v) is 5.89. The minimum atomic E-state index is 0.472. The first kappa shape index (κ1) is 6.16. The zero-order chi connectivity index (χ0) is 7.03. The fourth-order valence-corrected chi connectivity index (χ4v) is 1.97. The fourth-order valence-electron chi connectivity index (χ4n) is 1.97. The van der Waals surface area contributed by atoms with E-state index < -0.39 is 0 Å². The molecule has 1 saturated heterocycles. The molecular weight excluding hydrogens is 128 g/mol. The maximum absolute atomic E-state index is 10.00. The molecule has 0 aromatic carbocycles. The molecule has 0 radical (unpaired) electrons. The molecule has 1 heterocycles. The van der Waals surface area contributed by atoms with Gasteiger partial charge in [-0.05, 0) is 18.3 Å². The van der Waals surface area contributed by atoms with Crippen LogP contribution in [0.1, 0.15) is 12.8 Å². The Bertz CT molecular complexity index is 146. The lowest BCUT2D eigenvalue weighted by Gasteiger charge is -2.54. The molecule has 2 rings (SSSR count). The van der Waals surface area contributed by atoms with Crippen LogP contribution in [0.3, 0.4) is 0 Å². The highest BCUT2D eigenvalue weighted by Crippen LogP contribution is 2.43. The Morgan fingerprint density at radius 3 is 2.60 bits per heavy atom. The van der Waals surface area contributed by atoms with Crippen LogP contribution < -0.4 is 10.6 Å². The lowest BCUT2D eigenvalue weighted by Crippen LogP contribution is -2.64. The number of nitrogens with one attached hydrogen (secondary N) is 2. The molecule has 2 N–H and O–H groups in total. The summed E-state index contributed by atoms with van der Waals surface area (Å²) in [6.07, 6.45) is 3.17. The van der Waals surface area contributed by atoms with Gasteiger partial charge in [0.1, 0.15) is 0 Å². The highest BCUT2D eigenvalue weighted by Gasteiger charge is 2.48. The molecule has 0 aromatic rings. The van der Waals surface area contributed by atoms with Crippen molar-refractivity contribution in [2.45, 2.75) is 18.9 Å². The van der Waals surface area contributed by atoms with E-state index in [1.54, 1.807) is 0 Å². The number of carbonyl (C=O) groups is 1. The van der Waals surface area contributed by atoms with Gasteiger partial charge in [0.15, 0.2) is 0 Å². The molecule has 0 atom stereocenters. The monoisotopic (exact) mass is 140 g/mol. The first-order valence-electron chi connectivity index (χ1n) is 3.75. The highest BCUT2D eigenvalue weighted by atomic mass is 16.1. The first-order chi connectivity index (χ1) is 4.85. The fraction of sp³-hybridized carbons (Fsp3) is 0.857. The molecule has 1 amide bonds. The van der Waals surface area contributed by atoms with Gasteiger partial charge >= 0.3 is 0 Å². The van der Waals surface area contributed by atoms with E-state index in [4.69, 9.17) is 0 Å². The van der Waals surface area contributed by atoms with Crippen LogP contribution in [0.5, 0.6) is 0 Å². The summed E-state index contributed by atoms with van der Waals surface area (Å²) in [5, 5.41) is 6.05. The topological polar surface area (TPSA) is 41.1 Å². The molecule has 1 aliphatic heterocycles. The lowest BCUT2D eigenvalue weighted by atomic mass is 9.62. The van der Waals surface area contributed by atoms with Gasteiger partial charge in [-0.25, -0.2) is 0 Å². The van der Waals surface area contributed by atoms with Crippen LogP contribution in [0, 0.1) is 5.41 Å². The highest BCUT2D eigenvalue weighted by molar-refractivity contribution is 5.47. The van der Waals surface area contributed by atoms with Crippen LogP contribution in [0.15, 0.2) is 0 Å². The molecule has 3 nitrogen and oxygen atoms in total. The van der Waals surface area contributed by atoms with Crippen LogP contribution in [0.4, 0.5) is 0 Å². The Kier molecular flexibility index (Phi) is 1.20. The summed E-state index contributed by atoms with van der Waals surface area (Å²) in [5.74, 6) is 0. The molecule has 0 bridgehead atoms. The van der Waals surface area contributed by atoms with Gasteiger partial charge in [0, 0.05) is 19.1 Å². The second kappa shape index (κ2) is 1.95. The smallest absolute Gasteiger partial charge is 0.207 e. The van der Waals surface area contributed by atoms with Crippen molar-refractivity contribution in [3.63, 3.8) is 0 Å². The summed E-state index contributed by atoms with van der Waals surface area (Å²) in [4.78, 5) is 10.00. The van der Waals surface area contributed by atoms with E-state index in [-0.39, 0.29) is 0 Å². The maximum Gasteiger partial charge on any atom is 0.207 e. The van der Waals surface area contributed by atoms with Crippen molar-refractivity contribution in [3.05, 3.63) is 0 Å². The van der Waals surface area contributed by atoms with Crippen molar-refractivity contribution in [3.8, 4) is 0 Å². The van der Waals surface area contributed by atoms with Crippen LogP contribution >= 0.6 is 0 Å². The Morgan fingerprint density at radius 2 is 2.20 bits per heavy atom. The maximum atomic E-state index is 10.00. The molecule has 10 heavy (non-hydrogen) atoms. The van der Waals surface area contributed by atoms with E-state index in [1.807, 2.05) is 0 Å². The largest absolute Gasteiger partial charge is 0.356 e. The third-order valence-corrected chi connectivity index (χ3v) is 2.66. The molecule has 1 aliphatic carbocycles. The van der Waals surface area contributed by atoms with Gasteiger partial charge in [-0.15, -0.1) is 0 Å². The average molecular weight is 140 g/mol. The third-order valence-electron chi connectivity index (χ3n) is 2.66. The molecule has 0 unspecified atom stereocenters. The van der Waals surface area contributed by atoms with E-state index in [2.05, 4.69) is 10.6 Å². The summed E-state index contributed by atoms with van der Waals surface area (Å²) in [5.41, 5.74) is 0.584. The Hall–Kier alpha value is -0.570. The second-order valence-corrected chi connectivity index (χ2v) is 3.49. The Morgan fingerprint density at radius 1 is 1.50 bits per heavy atom. The summed E-state index contributed by atoms with van der Waals surface area (Å²) in [7, 11) is 0. The molecule has 2 aliphatic rings. The van der Waals surface area contributed by atoms with Gasteiger partial charge in [-0.2, -0.15) is 0 Å². The molecule has 0 aromatic heterocycles. The Labute approximate surface area is 60.2 Å². The van der Waals surface area contributed by atoms with Gasteiger partial charge in [-0.3, -0.25) is 4.79 Å². The van der Waals surface area contributed by atoms with Gasteiger partial charge in [0.2, 0.25) is 6.41 Å². The van der Waals surface area contributed by atoms with Gasteiger partial charge in [0.25, 0.3) is 0 Å². The molecular formula is C7H12N2O. The number of carbonyl (C=O) groups excluding carboxylic acids is 1. The van der Waals surface area contributed by atoms with Gasteiger partial charge in [0.05, 0.1) is 0 Å². The lowest BCUT2D eigenvalue weighted by molar-refractivity contribution is -0.112. The number of amides is 1. The van der Waals surface area contributed by atoms with Crippen molar-refractivity contribution < 1.29 is 4.79 Å². The van der Waals surface area contributed by atoms with Crippen LogP contribution in [0.2, 0.25) is 0 Å². The van der Waals surface area contributed by atoms with Crippen molar-refractivity contribution in [2.24, 2.45) is 5.41 Å². The number of hydrogen-bond donors (Lipinski definition) is 2. The standard InChI is InChI=1S/C7H12N2O/c10-5-9-6-1-7(2-6)3-8-4-7/h5-6,8H,1-4H2,(H,9,10). The predicted octanol–water partition coefficient (Wildman–Crippen LogP) is -0.516. The minimum absolute atomic E-state index is 0.472. The first-order valence-corrected chi connectivity index (χ1v) is 3.75. The van der Waals surface area contributed by atoms with Gasteiger partial charge < -0.3 is 10.6 Å². The van der Waals surface area contributed by atoms with Crippen molar-refractivity contribution in [1.82, 2.24) is 10.6 Å². The summed E-state index contributed by atoms with van der Waals surface area (Å²) < 4.78 is 0. The number of rotatable bonds is 2. The SMILES string of the molecule is O=CNC1CC2(CNC2)C1. The summed E-state index contributed by atoms with van der Waals surface area (Å²) >= 11 is 0. The van der Waals surface area contributed by atoms with Crippen LogP contribution in [-0.4, -0.2) is 25.5 Å².